The number of nitrogens with zero attached hydrogens (tertiary/aromatic N) is 4. The number of ketones is 1. The molecule has 0 fully saturated rings. The average molecular weight is 606 g/mol. The van der Waals surface area contributed by atoms with Crippen molar-refractivity contribution in [2.24, 2.45) is 20.5 Å². The SMILES string of the molecule is CCCS(=O)(=O)c1ccc(N=Nc2c(C)cc3cc(C)c(N=Nc4ccc(C(=O)c5ccccc5)cc4)c(O)c3c2N)cc1. The zero-order valence-corrected chi connectivity index (χ0v) is 25.3. The number of aryl methyl sites for hydroxylation is 2. The van der Waals surface area contributed by atoms with E-state index in [9.17, 15) is 18.3 Å². The summed E-state index contributed by atoms with van der Waals surface area (Å²) in [6.45, 7) is 5.48. The lowest BCUT2D eigenvalue weighted by Gasteiger charge is -2.13. The van der Waals surface area contributed by atoms with Crippen LogP contribution >= 0.6 is 0 Å². The molecule has 0 amide bonds. The lowest BCUT2D eigenvalue weighted by molar-refractivity contribution is 0.103. The maximum Gasteiger partial charge on any atom is 0.193 e. The van der Waals surface area contributed by atoms with Crippen LogP contribution in [0.4, 0.5) is 28.4 Å². The molecule has 0 radical (unpaired) electrons. The van der Waals surface area contributed by atoms with Crippen molar-refractivity contribution < 1.29 is 18.3 Å². The second kappa shape index (κ2) is 12.6. The summed E-state index contributed by atoms with van der Waals surface area (Å²) in [5.74, 6) is -0.153. The fraction of sp³-hybridized carbons (Fsp3) is 0.147. The molecular weight excluding hydrogens is 574 g/mol. The van der Waals surface area contributed by atoms with Crippen LogP contribution in [0.15, 0.2) is 116 Å². The van der Waals surface area contributed by atoms with E-state index in [0.717, 1.165) is 5.56 Å². The number of fused-ring (bicyclic) bond motifs is 1. The number of azo groups is 2. The fourth-order valence-electron chi connectivity index (χ4n) is 4.86. The predicted molar refractivity (Wildman–Crippen MR) is 173 cm³/mol. The van der Waals surface area contributed by atoms with E-state index in [1.54, 1.807) is 48.5 Å². The Balaban J connectivity index is 1.43. The number of hydrogen-bond donors (Lipinski definition) is 2. The van der Waals surface area contributed by atoms with Crippen LogP contribution in [0, 0.1) is 13.8 Å². The third-order valence-electron chi connectivity index (χ3n) is 7.13. The van der Waals surface area contributed by atoms with Gasteiger partial charge in [-0.05, 0) is 97.4 Å². The number of phenolic OH excluding ortho intramolecular Hbond substituents is 1. The largest absolute Gasteiger partial charge is 0.505 e. The van der Waals surface area contributed by atoms with Crippen molar-refractivity contribution in [3.05, 3.63) is 113 Å². The lowest BCUT2D eigenvalue weighted by atomic mass is 9.99. The van der Waals surface area contributed by atoms with Gasteiger partial charge in [-0.15, -0.1) is 10.2 Å². The molecule has 0 aromatic heterocycles. The minimum atomic E-state index is -3.33. The number of rotatable bonds is 9. The van der Waals surface area contributed by atoms with E-state index < -0.39 is 9.84 Å². The van der Waals surface area contributed by atoms with Gasteiger partial charge in [-0.25, -0.2) is 8.42 Å². The third-order valence-corrected chi connectivity index (χ3v) is 9.07. The van der Waals surface area contributed by atoms with E-state index in [0.29, 0.717) is 50.9 Å². The Kier molecular flexibility index (Phi) is 8.64. The Hall–Kier alpha value is -5.22. The molecule has 5 aromatic carbocycles. The van der Waals surface area contributed by atoms with E-state index in [-0.39, 0.29) is 33.6 Å². The molecule has 3 N–H and O–H groups in total. The van der Waals surface area contributed by atoms with Crippen molar-refractivity contribution in [1.29, 1.82) is 0 Å². The number of hydrogen-bond acceptors (Lipinski definition) is 9. The van der Waals surface area contributed by atoms with Crippen LogP contribution in [-0.2, 0) is 9.84 Å². The van der Waals surface area contributed by atoms with Crippen LogP contribution in [0.3, 0.4) is 0 Å². The van der Waals surface area contributed by atoms with Crippen LogP contribution in [0.5, 0.6) is 5.75 Å². The molecule has 5 rings (SSSR count). The van der Waals surface area contributed by atoms with Crippen molar-refractivity contribution in [1.82, 2.24) is 0 Å². The summed E-state index contributed by atoms with van der Waals surface area (Å²) in [5.41, 5.74) is 10.9. The number of nitrogens with two attached hydrogens (primary N) is 1. The first-order valence-electron chi connectivity index (χ1n) is 14.0. The molecule has 0 saturated carbocycles. The van der Waals surface area contributed by atoms with Gasteiger partial charge in [-0.3, -0.25) is 4.79 Å². The molecule has 9 nitrogen and oxygen atoms in total. The first kappa shape index (κ1) is 30.2. The van der Waals surface area contributed by atoms with E-state index in [1.807, 2.05) is 51.1 Å². The van der Waals surface area contributed by atoms with Crippen LogP contribution in [0.1, 0.15) is 40.4 Å². The van der Waals surface area contributed by atoms with Crippen LogP contribution in [0.25, 0.3) is 10.8 Å². The maximum absolute atomic E-state index is 12.7. The summed E-state index contributed by atoms with van der Waals surface area (Å²) in [7, 11) is -3.33. The Morgan fingerprint density at radius 2 is 1.27 bits per heavy atom. The minimum Gasteiger partial charge on any atom is -0.505 e. The van der Waals surface area contributed by atoms with Gasteiger partial charge < -0.3 is 10.8 Å². The van der Waals surface area contributed by atoms with Gasteiger partial charge in [0, 0.05) is 11.1 Å². The summed E-state index contributed by atoms with van der Waals surface area (Å²) < 4.78 is 24.6. The molecule has 0 aliphatic rings. The van der Waals surface area contributed by atoms with E-state index in [4.69, 9.17) is 5.73 Å². The quantitative estimate of drug-likeness (QED) is 0.0977. The fourth-order valence-corrected chi connectivity index (χ4v) is 6.19. The lowest BCUT2D eigenvalue weighted by Crippen LogP contribution is -2.05. The molecule has 44 heavy (non-hydrogen) atoms. The van der Waals surface area contributed by atoms with Crippen molar-refractivity contribution in [2.45, 2.75) is 32.1 Å². The summed E-state index contributed by atoms with van der Waals surface area (Å²) in [6.07, 6.45) is 0.532. The summed E-state index contributed by atoms with van der Waals surface area (Å²) >= 11 is 0. The Morgan fingerprint density at radius 3 is 1.86 bits per heavy atom. The molecule has 222 valence electrons. The topological polar surface area (TPSA) is 147 Å². The zero-order chi connectivity index (χ0) is 31.4. The van der Waals surface area contributed by atoms with Gasteiger partial charge in [0.05, 0.1) is 33.1 Å². The summed E-state index contributed by atoms with van der Waals surface area (Å²) in [4.78, 5) is 12.9. The smallest absolute Gasteiger partial charge is 0.193 e. The van der Waals surface area contributed by atoms with Crippen molar-refractivity contribution in [2.75, 3.05) is 11.5 Å². The standard InChI is InChI=1S/C34H31N5O4S/c1-4-18-44(42,43)28-16-14-27(15-17-28)36-38-31-21(2)19-25-20-22(3)32(34(41)29(25)30(31)35)39-37-26-12-10-24(11-13-26)33(40)23-8-6-5-7-9-23/h5-17,19-20,41H,4,18,35H2,1-3H3. The van der Waals surface area contributed by atoms with Gasteiger partial charge >= 0.3 is 0 Å². The van der Waals surface area contributed by atoms with Crippen molar-refractivity contribution in [3.63, 3.8) is 0 Å². The van der Waals surface area contributed by atoms with Gasteiger partial charge in [-0.2, -0.15) is 10.2 Å². The number of benzene rings is 5. The Bertz CT molecular complexity index is 2020. The summed E-state index contributed by atoms with van der Waals surface area (Å²) in [5, 5.41) is 29.6. The maximum atomic E-state index is 12.7. The van der Waals surface area contributed by atoms with Gasteiger partial charge in [0.25, 0.3) is 0 Å². The number of nitrogen functional groups attached to an aromatic ring is 1. The second-order valence-corrected chi connectivity index (χ2v) is 12.5. The van der Waals surface area contributed by atoms with Gasteiger partial charge in [0.15, 0.2) is 21.4 Å². The molecule has 0 unspecified atom stereocenters. The van der Waals surface area contributed by atoms with Crippen LogP contribution in [-0.4, -0.2) is 25.1 Å². The molecule has 5 aromatic rings. The molecule has 0 aliphatic heterocycles. The number of phenols is 1. The van der Waals surface area contributed by atoms with Gasteiger partial charge in [-0.1, -0.05) is 37.3 Å². The molecule has 0 spiro atoms. The molecule has 0 heterocycles. The Labute approximate surface area is 255 Å². The highest BCUT2D eigenvalue weighted by molar-refractivity contribution is 7.91. The second-order valence-electron chi connectivity index (χ2n) is 10.4. The number of carbonyl (C=O) groups excluding carboxylic acids is 1. The molecule has 0 atom stereocenters. The van der Waals surface area contributed by atoms with Crippen LogP contribution in [0.2, 0.25) is 0 Å². The normalized spacial score (nSPS) is 12.0. The van der Waals surface area contributed by atoms with Gasteiger partial charge in [0.1, 0.15) is 11.4 Å². The first-order chi connectivity index (χ1) is 21.1. The number of carbonyl (C=O) groups is 1. The summed E-state index contributed by atoms with van der Waals surface area (Å²) in [6, 6.07) is 25.7. The first-order valence-corrected chi connectivity index (χ1v) is 15.7. The molecular formula is C34H31N5O4S. The van der Waals surface area contributed by atoms with Crippen molar-refractivity contribution >= 4 is 54.8 Å². The molecule has 0 bridgehead atoms. The number of sulfone groups is 1. The van der Waals surface area contributed by atoms with Gasteiger partial charge in [0.2, 0.25) is 0 Å². The molecule has 0 aliphatic carbocycles. The minimum absolute atomic E-state index is 0.0766. The average Bonchev–Trinajstić information content (AvgIpc) is 3.01. The molecule has 0 saturated heterocycles. The zero-order valence-electron chi connectivity index (χ0n) is 24.5. The third kappa shape index (κ3) is 6.25. The van der Waals surface area contributed by atoms with E-state index in [2.05, 4.69) is 20.5 Å². The van der Waals surface area contributed by atoms with Crippen molar-refractivity contribution in [3.8, 4) is 5.75 Å². The Morgan fingerprint density at radius 1 is 0.750 bits per heavy atom. The van der Waals surface area contributed by atoms with E-state index >= 15 is 0 Å². The highest BCUT2D eigenvalue weighted by Crippen LogP contribution is 2.45. The number of anilines is 1. The highest BCUT2D eigenvalue weighted by atomic mass is 32.2. The highest BCUT2D eigenvalue weighted by Gasteiger charge is 2.18. The van der Waals surface area contributed by atoms with Crippen LogP contribution < -0.4 is 5.73 Å². The predicted octanol–water partition coefficient (Wildman–Crippen LogP) is 8.99. The number of aromatic hydroxyl groups is 1. The van der Waals surface area contributed by atoms with E-state index in [1.165, 1.54) is 12.1 Å². The molecule has 10 heteroatoms. The monoisotopic (exact) mass is 605 g/mol.